The first kappa shape index (κ1) is 63.8. The molecular formula is C61H106O6. The monoisotopic (exact) mass is 935 g/mol. The Morgan fingerprint density at radius 2 is 0.612 bits per heavy atom. The molecule has 0 aromatic rings. The summed E-state index contributed by atoms with van der Waals surface area (Å²) in [4.78, 5) is 38.1. The average Bonchev–Trinajstić information content (AvgIpc) is 3.33. The number of hydrogen-bond acceptors (Lipinski definition) is 6. The van der Waals surface area contributed by atoms with E-state index in [1.54, 1.807) is 0 Å². The molecule has 0 saturated heterocycles. The highest BCUT2D eigenvalue weighted by Crippen LogP contribution is 2.15. The van der Waals surface area contributed by atoms with Crippen LogP contribution >= 0.6 is 0 Å². The van der Waals surface area contributed by atoms with Crippen molar-refractivity contribution in [3.8, 4) is 0 Å². The van der Waals surface area contributed by atoms with Crippen molar-refractivity contribution in [2.75, 3.05) is 13.2 Å². The fourth-order valence-corrected chi connectivity index (χ4v) is 7.92. The van der Waals surface area contributed by atoms with Crippen LogP contribution in [0.5, 0.6) is 0 Å². The van der Waals surface area contributed by atoms with Gasteiger partial charge in [-0.1, -0.05) is 235 Å². The SMILES string of the molecule is CC/C=C\C/C=C\C/C=C\CCCCCCCCCCCC(=O)OCC(COC(=O)CC/C=C\C/C=C\CCCCCCCC)OC(=O)CCCCCCCCC/C=C\CCCCCCCC. The molecule has 0 rings (SSSR count). The number of esters is 3. The number of rotatable bonds is 51. The summed E-state index contributed by atoms with van der Waals surface area (Å²) in [6.45, 7) is 6.47. The molecule has 67 heavy (non-hydrogen) atoms. The lowest BCUT2D eigenvalue weighted by Gasteiger charge is -2.18. The molecule has 386 valence electrons. The molecule has 0 radical (unpaired) electrons. The predicted octanol–water partition coefficient (Wildman–Crippen LogP) is 19.0. The van der Waals surface area contributed by atoms with E-state index >= 15 is 0 Å². The highest BCUT2D eigenvalue weighted by atomic mass is 16.6. The summed E-state index contributed by atoms with van der Waals surface area (Å²) in [5.74, 6) is -0.969. The van der Waals surface area contributed by atoms with Crippen LogP contribution in [0.4, 0.5) is 0 Å². The second-order valence-corrected chi connectivity index (χ2v) is 18.8. The molecule has 6 nitrogen and oxygen atoms in total. The number of allylic oxidation sites excluding steroid dienone is 12. The molecule has 0 fully saturated rings. The van der Waals surface area contributed by atoms with Crippen molar-refractivity contribution in [1.82, 2.24) is 0 Å². The zero-order valence-corrected chi connectivity index (χ0v) is 44.2. The van der Waals surface area contributed by atoms with E-state index in [1.807, 2.05) is 6.08 Å². The largest absolute Gasteiger partial charge is 0.462 e. The molecule has 0 aliphatic rings. The minimum atomic E-state index is -0.802. The van der Waals surface area contributed by atoms with Crippen molar-refractivity contribution in [3.05, 3.63) is 72.9 Å². The van der Waals surface area contributed by atoms with Gasteiger partial charge in [-0.25, -0.2) is 0 Å². The van der Waals surface area contributed by atoms with Crippen LogP contribution in [0.3, 0.4) is 0 Å². The Labute approximate surface area is 414 Å². The van der Waals surface area contributed by atoms with Gasteiger partial charge in [0.25, 0.3) is 0 Å². The molecule has 0 aliphatic carbocycles. The molecule has 0 aliphatic heterocycles. The molecule has 0 aromatic heterocycles. The first-order valence-electron chi connectivity index (χ1n) is 28.4. The van der Waals surface area contributed by atoms with E-state index in [0.717, 1.165) is 70.6 Å². The third kappa shape index (κ3) is 53.7. The Morgan fingerprint density at radius 3 is 1.01 bits per heavy atom. The smallest absolute Gasteiger partial charge is 0.306 e. The van der Waals surface area contributed by atoms with E-state index < -0.39 is 6.10 Å². The van der Waals surface area contributed by atoms with Crippen LogP contribution in [0.15, 0.2) is 72.9 Å². The summed E-state index contributed by atoms with van der Waals surface area (Å²) < 4.78 is 16.8. The average molecular weight is 936 g/mol. The Hall–Kier alpha value is -3.15. The minimum Gasteiger partial charge on any atom is -0.462 e. The topological polar surface area (TPSA) is 78.9 Å². The lowest BCUT2D eigenvalue weighted by atomic mass is 10.1. The molecule has 0 N–H and O–H groups in total. The maximum Gasteiger partial charge on any atom is 0.306 e. The molecule has 1 unspecified atom stereocenters. The molecule has 6 heteroatoms. The summed E-state index contributed by atoms with van der Waals surface area (Å²) in [5, 5.41) is 0. The Morgan fingerprint density at radius 1 is 0.313 bits per heavy atom. The lowest BCUT2D eigenvalue weighted by molar-refractivity contribution is -0.166. The highest BCUT2D eigenvalue weighted by Gasteiger charge is 2.19. The zero-order chi connectivity index (χ0) is 48.6. The Kier molecular flexibility index (Phi) is 52.8. The molecule has 0 amide bonds. The van der Waals surface area contributed by atoms with Gasteiger partial charge in [0.15, 0.2) is 6.10 Å². The molecule has 0 aromatic carbocycles. The molecule has 1 atom stereocenters. The van der Waals surface area contributed by atoms with E-state index in [9.17, 15) is 14.4 Å². The van der Waals surface area contributed by atoms with Gasteiger partial charge in [-0.15, -0.1) is 0 Å². The molecular weight excluding hydrogens is 829 g/mol. The predicted molar refractivity (Wildman–Crippen MR) is 288 cm³/mol. The summed E-state index contributed by atoms with van der Waals surface area (Å²) >= 11 is 0. The fourth-order valence-electron chi connectivity index (χ4n) is 7.92. The van der Waals surface area contributed by atoms with Gasteiger partial charge in [0, 0.05) is 19.3 Å². The first-order chi connectivity index (χ1) is 33.0. The summed E-state index contributed by atoms with van der Waals surface area (Å²) in [7, 11) is 0. The normalized spacial score (nSPS) is 12.6. The van der Waals surface area contributed by atoms with Crippen molar-refractivity contribution < 1.29 is 28.6 Å². The third-order valence-electron chi connectivity index (χ3n) is 12.2. The van der Waals surface area contributed by atoms with Gasteiger partial charge in [0.05, 0.1) is 0 Å². The van der Waals surface area contributed by atoms with Crippen molar-refractivity contribution in [1.29, 1.82) is 0 Å². The van der Waals surface area contributed by atoms with Crippen molar-refractivity contribution in [2.24, 2.45) is 0 Å². The number of unbranched alkanes of at least 4 members (excludes halogenated alkanes) is 28. The van der Waals surface area contributed by atoms with Crippen LogP contribution in [0.2, 0.25) is 0 Å². The maximum absolute atomic E-state index is 12.8. The van der Waals surface area contributed by atoms with E-state index in [0.29, 0.717) is 19.3 Å². The van der Waals surface area contributed by atoms with Crippen LogP contribution in [0.1, 0.15) is 278 Å². The summed E-state index contributed by atoms with van der Waals surface area (Å²) in [6, 6.07) is 0. The van der Waals surface area contributed by atoms with Gasteiger partial charge in [0.2, 0.25) is 0 Å². The van der Waals surface area contributed by atoms with Crippen LogP contribution < -0.4 is 0 Å². The van der Waals surface area contributed by atoms with Crippen LogP contribution in [-0.4, -0.2) is 37.2 Å². The van der Waals surface area contributed by atoms with Crippen LogP contribution in [0.25, 0.3) is 0 Å². The highest BCUT2D eigenvalue weighted by molar-refractivity contribution is 5.71. The summed E-state index contributed by atoms with van der Waals surface area (Å²) in [6.07, 6.45) is 70.5. The van der Waals surface area contributed by atoms with E-state index in [1.165, 1.54) is 161 Å². The lowest BCUT2D eigenvalue weighted by Crippen LogP contribution is -2.30. The number of carbonyl (C=O) groups is 3. The van der Waals surface area contributed by atoms with Gasteiger partial charge in [0.1, 0.15) is 13.2 Å². The quantitative estimate of drug-likeness (QED) is 0.0262. The second kappa shape index (κ2) is 55.4. The molecule has 0 bridgehead atoms. The van der Waals surface area contributed by atoms with Crippen molar-refractivity contribution >= 4 is 17.9 Å². The minimum absolute atomic E-state index is 0.0964. The van der Waals surface area contributed by atoms with Gasteiger partial charge in [-0.3, -0.25) is 14.4 Å². The fraction of sp³-hybridized carbons (Fsp3) is 0.754. The number of ether oxygens (including phenoxy) is 3. The van der Waals surface area contributed by atoms with Crippen molar-refractivity contribution in [2.45, 2.75) is 284 Å². The molecule has 0 saturated carbocycles. The first-order valence-corrected chi connectivity index (χ1v) is 28.4. The maximum atomic E-state index is 12.8. The Balaban J connectivity index is 4.41. The Bertz CT molecular complexity index is 1260. The third-order valence-corrected chi connectivity index (χ3v) is 12.2. The summed E-state index contributed by atoms with van der Waals surface area (Å²) in [5.41, 5.74) is 0. The van der Waals surface area contributed by atoms with Crippen LogP contribution in [-0.2, 0) is 28.6 Å². The van der Waals surface area contributed by atoms with E-state index in [4.69, 9.17) is 14.2 Å². The number of carbonyl (C=O) groups excluding carboxylic acids is 3. The molecule has 0 heterocycles. The van der Waals surface area contributed by atoms with E-state index in [2.05, 4.69) is 87.6 Å². The standard InChI is InChI=1S/C61H106O6/c1-4-7-10-13-16-19-22-25-27-29-30-32-33-36-39-42-45-48-51-54-60(63)66-57-58(56-65-59(62)53-50-47-44-41-38-35-24-21-18-15-12-9-6-3)67-61(64)55-52-49-46-43-40-37-34-31-28-26-23-20-17-14-11-8-5-2/h7,10,16,19,25-28,35,38,44,47,58H,4-6,8-9,11-15,17-18,20-24,29-34,36-37,39-43,45-46,48-57H2,1-3H3/b10-7-,19-16-,27-25-,28-26-,38-35-,47-44-. The van der Waals surface area contributed by atoms with Crippen LogP contribution in [0, 0.1) is 0 Å². The number of hydrogen-bond donors (Lipinski definition) is 0. The second-order valence-electron chi connectivity index (χ2n) is 18.8. The zero-order valence-electron chi connectivity index (χ0n) is 44.2. The van der Waals surface area contributed by atoms with Crippen molar-refractivity contribution in [3.63, 3.8) is 0 Å². The van der Waals surface area contributed by atoms with Gasteiger partial charge in [-0.05, 0) is 96.3 Å². The van der Waals surface area contributed by atoms with Gasteiger partial charge >= 0.3 is 17.9 Å². The van der Waals surface area contributed by atoms with E-state index in [-0.39, 0.29) is 37.5 Å². The molecule has 0 spiro atoms. The van der Waals surface area contributed by atoms with Gasteiger partial charge in [-0.2, -0.15) is 0 Å². The van der Waals surface area contributed by atoms with Gasteiger partial charge < -0.3 is 14.2 Å².